The fourth-order valence-corrected chi connectivity index (χ4v) is 3.84. The maximum Gasteiger partial charge on any atom is 0.254 e. The number of ether oxygens (including phenoxy) is 1. The molecule has 144 valence electrons. The van der Waals surface area contributed by atoms with Crippen molar-refractivity contribution in [1.29, 1.82) is 0 Å². The summed E-state index contributed by atoms with van der Waals surface area (Å²) in [6, 6.07) is 37.7. The number of aromatic amines is 1. The van der Waals surface area contributed by atoms with Crippen molar-refractivity contribution in [2.24, 2.45) is 0 Å². The molecular weight excluding hydrogens is 366 g/mol. The molecule has 5 rings (SSSR count). The summed E-state index contributed by atoms with van der Waals surface area (Å²) < 4.78 is 6.45. The van der Waals surface area contributed by atoms with Crippen LogP contribution < -0.4 is 9.72 Å². The first-order valence-electron chi connectivity index (χ1n) is 10.1. The second-order valence-electron chi connectivity index (χ2n) is 7.27. The molecule has 0 fully saturated rings. The van der Waals surface area contributed by atoms with Gasteiger partial charge in [0.1, 0.15) is 6.61 Å². The van der Waals surface area contributed by atoms with Gasteiger partial charge in [-0.2, -0.15) is 0 Å². The summed E-state index contributed by atoms with van der Waals surface area (Å²) in [5.41, 5.74) is 6.75. The number of rotatable bonds is 5. The lowest BCUT2D eigenvalue weighted by atomic mass is 9.94. The maximum atomic E-state index is 6.45. The van der Waals surface area contributed by atoms with E-state index < -0.39 is 0 Å². The van der Waals surface area contributed by atoms with E-state index in [1.54, 1.807) is 0 Å². The molecule has 0 saturated heterocycles. The van der Waals surface area contributed by atoms with Crippen LogP contribution >= 0.6 is 0 Å². The van der Waals surface area contributed by atoms with Gasteiger partial charge in [0.15, 0.2) is 11.9 Å². The normalized spacial score (nSPS) is 10.8. The van der Waals surface area contributed by atoms with Crippen LogP contribution in [0.4, 0.5) is 0 Å². The summed E-state index contributed by atoms with van der Waals surface area (Å²) in [5.74, 6) is 0.875. The molecule has 0 bridgehead atoms. The second-order valence-corrected chi connectivity index (χ2v) is 7.27. The molecule has 1 aromatic heterocycles. The highest BCUT2D eigenvalue weighted by Gasteiger charge is 2.20. The molecule has 0 aliphatic carbocycles. The number of fused-ring (bicyclic) bond motifs is 1. The van der Waals surface area contributed by atoms with E-state index in [4.69, 9.17) is 4.74 Å². The van der Waals surface area contributed by atoms with Crippen molar-refractivity contribution in [2.75, 3.05) is 0 Å². The van der Waals surface area contributed by atoms with E-state index >= 15 is 0 Å². The van der Waals surface area contributed by atoms with Crippen molar-refractivity contribution in [3.8, 4) is 28.0 Å². The van der Waals surface area contributed by atoms with Crippen LogP contribution in [0, 0.1) is 0 Å². The van der Waals surface area contributed by atoms with E-state index in [1.165, 1.54) is 11.1 Å². The van der Waals surface area contributed by atoms with Gasteiger partial charge in [-0.05, 0) is 34.4 Å². The summed E-state index contributed by atoms with van der Waals surface area (Å²) in [7, 11) is 0. The molecule has 30 heavy (non-hydrogen) atoms. The third-order valence-electron chi connectivity index (χ3n) is 5.30. The number of H-pyrrole nitrogens is 1. The van der Waals surface area contributed by atoms with Crippen LogP contribution in [-0.2, 0) is 6.61 Å². The molecule has 2 heteroatoms. The monoisotopic (exact) mass is 388 g/mol. The average molecular weight is 388 g/mol. The molecule has 1 N–H and O–H groups in total. The van der Waals surface area contributed by atoms with E-state index in [2.05, 4.69) is 77.8 Å². The Bertz CT molecular complexity index is 1270. The molecule has 0 saturated carbocycles. The molecule has 0 aliphatic rings. The Kier molecular flexibility index (Phi) is 4.97. The number of pyridine rings is 1. The van der Waals surface area contributed by atoms with Crippen LogP contribution in [0.15, 0.2) is 115 Å². The Balaban J connectivity index is 1.73. The number of aromatic nitrogens is 1. The predicted octanol–water partition coefficient (Wildman–Crippen LogP) is 6.57. The molecule has 1 heterocycles. The molecule has 0 amide bonds. The molecule has 0 unspecified atom stereocenters. The Morgan fingerprint density at radius 3 is 1.87 bits per heavy atom. The zero-order valence-corrected chi connectivity index (χ0v) is 16.6. The van der Waals surface area contributed by atoms with Crippen LogP contribution in [0.1, 0.15) is 5.56 Å². The minimum atomic E-state index is 0.517. The fraction of sp³-hybridized carbons (Fsp3) is 0.0357. The van der Waals surface area contributed by atoms with Gasteiger partial charge in [0.05, 0.1) is 5.39 Å². The van der Waals surface area contributed by atoms with E-state index in [9.17, 15) is 0 Å². The van der Waals surface area contributed by atoms with Gasteiger partial charge < -0.3 is 4.74 Å². The Labute approximate surface area is 176 Å². The summed E-state index contributed by atoms with van der Waals surface area (Å²) in [4.78, 5) is 3.45. The predicted molar refractivity (Wildman–Crippen MR) is 122 cm³/mol. The van der Waals surface area contributed by atoms with Crippen molar-refractivity contribution in [3.05, 3.63) is 121 Å². The number of hydrogen-bond donors (Lipinski definition) is 0. The Morgan fingerprint density at radius 2 is 1.20 bits per heavy atom. The van der Waals surface area contributed by atoms with Gasteiger partial charge in [-0.25, -0.2) is 4.98 Å². The molecule has 0 radical (unpaired) electrons. The first-order valence-corrected chi connectivity index (χ1v) is 10.1. The Morgan fingerprint density at radius 1 is 0.600 bits per heavy atom. The van der Waals surface area contributed by atoms with Gasteiger partial charge >= 0.3 is 0 Å². The van der Waals surface area contributed by atoms with Crippen molar-refractivity contribution >= 4 is 10.9 Å². The highest BCUT2D eigenvalue weighted by molar-refractivity contribution is 6.01. The highest BCUT2D eigenvalue weighted by Crippen LogP contribution is 2.41. The number of benzene rings is 4. The molecule has 2 nitrogen and oxygen atoms in total. The lowest BCUT2D eigenvalue weighted by molar-refractivity contribution is -0.345. The molecule has 0 aliphatic heterocycles. The minimum Gasteiger partial charge on any atom is -0.482 e. The summed E-state index contributed by atoms with van der Waals surface area (Å²) in [6.07, 6.45) is 1.96. The molecular formula is C28H22NO+. The fourth-order valence-electron chi connectivity index (χ4n) is 3.84. The van der Waals surface area contributed by atoms with Gasteiger partial charge in [0.2, 0.25) is 0 Å². The van der Waals surface area contributed by atoms with E-state index in [1.807, 2.05) is 42.6 Å². The molecule has 4 aromatic carbocycles. The van der Waals surface area contributed by atoms with Crippen molar-refractivity contribution in [3.63, 3.8) is 0 Å². The van der Waals surface area contributed by atoms with E-state index in [0.717, 1.165) is 33.3 Å². The average Bonchev–Trinajstić information content (AvgIpc) is 2.84. The minimum absolute atomic E-state index is 0.517. The lowest BCUT2D eigenvalue weighted by Crippen LogP contribution is -2.07. The van der Waals surface area contributed by atoms with Crippen molar-refractivity contribution in [2.45, 2.75) is 6.61 Å². The van der Waals surface area contributed by atoms with Crippen LogP contribution in [0.25, 0.3) is 33.2 Å². The van der Waals surface area contributed by atoms with Crippen molar-refractivity contribution in [1.82, 2.24) is 0 Å². The van der Waals surface area contributed by atoms with Crippen LogP contribution in [0.5, 0.6) is 5.75 Å². The summed E-state index contributed by atoms with van der Waals surface area (Å²) in [5, 5.41) is 1.14. The quantitative estimate of drug-likeness (QED) is 0.334. The smallest absolute Gasteiger partial charge is 0.254 e. The molecule has 0 spiro atoms. The SMILES string of the molecule is c1ccc(COc2c(-c3ccccc3)cc(-c3ccccc3)c3ccc[nH+]c23)cc1. The zero-order chi connectivity index (χ0) is 20.2. The van der Waals surface area contributed by atoms with Gasteiger partial charge in [-0.3, -0.25) is 0 Å². The maximum absolute atomic E-state index is 6.45. The first kappa shape index (κ1) is 18.1. The van der Waals surface area contributed by atoms with Gasteiger partial charge in [-0.15, -0.1) is 0 Å². The van der Waals surface area contributed by atoms with Gasteiger partial charge in [0.25, 0.3) is 5.52 Å². The third kappa shape index (κ3) is 3.56. The lowest BCUT2D eigenvalue weighted by Gasteiger charge is -2.15. The van der Waals surface area contributed by atoms with Crippen LogP contribution in [0.3, 0.4) is 0 Å². The van der Waals surface area contributed by atoms with Crippen LogP contribution in [0.2, 0.25) is 0 Å². The van der Waals surface area contributed by atoms with E-state index in [-0.39, 0.29) is 0 Å². The number of nitrogens with one attached hydrogen (secondary N) is 1. The molecule has 0 atom stereocenters. The highest BCUT2D eigenvalue weighted by atomic mass is 16.5. The van der Waals surface area contributed by atoms with E-state index in [0.29, 0.717) is 6.61 Å². The van der Waals surface area contributed by atoms with Gasteiger partial charge in [-0.1, -0.05) is 91.0 Å². The van der Waals surface area contributed by atoms with Crippen molar-refractivity contribution < 1.29 is 9.72 Å². The Hall–Kier alpha value is -3.91. The van der Waals surface area contributed by atoms with Gasteiger partial charge in [0, 0.05) is 11.6 Å². The first-order chi connectivity index (χ1) is 14.9. The largest absolute Gasteiger partial charge is 0.482 e. The van der Waals surface area contributed by atoms with Crippen LogP contribution in [-0.4, -0.2) is 0 Å². The summed E-state index contributed by atoms with van der Waals surface area (Å²) in [6.45, 7) is 0.517. The number of hydrogen-bond acceptors (Lipinski definition) is 1. The zero-order valence-electron chi connectivity index (χ0n) is 16.6. The third-order valence-corrected chi connectivity index (χ3v) is 5.30. The summed E-state index contributed by atoms with van der Waals surface area (Å²) >= 11 is 0. The molecule has 5 aromatic rings. The topological polar surface area (TPSA) is 23.4 Å². The second kappa shape index (κ2) is 8.22. The standard InChI is InChI=1S/C28H21NO/c1-4-11-21(12-5-1)20-30-28-26(23-15-8-3-9-16-23)19-25(22-13-6-2-7-14-22)24-17-10-18-29-27(24)28/h1-19H,20H2/p+1.